The normalized spacial score (nSPS) is 20.7. The van der Waals surface area contributed by atoms with Crippen LogP contribution in [0.4, 0.5) is 0 Å². The molecule has 1 aromatic carbocycles. The van der Waals surface area contributed by atoms with Crippen molar-refractivity contribution in [2.45, 2.75) is 25.4 Å². The van der Waals surface area contributed by atoms with Crippen LogP contribution in [0.3, 0.4) is 0 Å². The van der Waals surface area contributed by atoms with Gasteiger partial charge in [-0.25, -0.2) is 0 Å². The fourth-order valence-corrected chi connectivity index (χ4v) is 3.80. The minimum absolute atomic E-state index is 0.168. The van der Waals surface area contributed by atoms with Gasteiger partial charge in [-0.3, -0.25) is 9.69 Å². The molecular weight excluding hydrogens is 290 g/mol. The number of nitrogens with zero attached hydrogens (tertiary/aromatic N) is 2. The molecule has 0 bridgehead atoms. The molecular formula is C18H21N3O2. The Morgan fingerprint density at radius 3 is 3.09 bits per heavy atom. The number of fused-ring (bicyclic) bond motifs is 4. The Bertz CT molecular complexity index is 780. The number of methoxy groups -OCH3 is 1. The van der Waals surface area contributed by atoms with Crippen molar-refractivity contribution in [2.24, 2.45) is 0 Å². The van der Waals surface area contributed by atoms with Crippen molar-refractivity contribution in [3.8, 4) is 0 Å². The highest BCUT2D eigenvalue weighted by atomic mass is 16.5. The molecule has 1 atom stereocenters. The Hall–Kier alpha value is -2.27. The van der Waals surface area contributed by atoms with Crippen LogP contribution in [0.15, 0.2) is 36.5 Å². The molecule has 120 valence electrons. The van der Waals surface area contributed by atoms with Crippen LogP contribution in [0.25, 0.3) is 10.9 Å². The van der Waals surface area contributed by atoms with Crippen molar-refractivity contribution in [2.75, 3.05) is 20.3 Å². The Labute approximate surface area is 135 Å². The van der Waals surface area contributed by atoms with Gasteiger partial charge in [-0.05, 0) is 18.1 Å². The molecule has 2 aromatic rings. The molecule has 0 saturated carbocycles. The minimum Gasteiger partial charge on any atom is -0.469 e. The number of hydrogen-bond donors (Lipinski definition) is 1. The Balaban J connectivity index is 1.55. The molecule has 0 radical (unpaired) electrons. The number of nitrogens with one attached hydrogen (secondary N) is 1. The van der Waals surface area contributed by atoms with Crippen LogP contribution in [0.2, 0.25) is 0 Å². The maximum atomic E-state index is 11.4. The summed E-state index contributed by atoms with van der Waals surface area (Å²) in [6.45, 7) is 6.69. The summed E-state index contributed by atoms with van der Waals surface area (Å²) in [4.78, 5) is 19.6. The highest BCUT2D eigenvalue weighted by molar-refractivity contribution is 5.85. The van der Waals surface area contributed by atoms with Crippen molar-refractivity contribution < 1.29 is 9.53 Å². The number of aromatic amines is 1. The molecule has 1 N–H and O–H groups in total. The molecule has 1 unspecified atom stereocenters. The summed E-state index contributed by atoms with van der Waals surface area (Å²) in [7, 11) is 1.43. The number of carbonyl (C=O) groups excluding carboxylic acids is 1. The van der Waals surface area contributed by atoms with Crippen molar-refractivity contribution in [3.63, 3.8) is 0 Å². The molecule has 2 aliphatic rings. The lowest BCUT2D eigenvalue weighted by atomic mass is 9.96. The average molecular weight is 311 g/mol. The van der Waals surface area contributed by atoms with Crippen LogP contribution in [0.5, 0.6) is 0 Å². The Morgan fingerprint density at radius 2 is 2.26 bits per heavy atom. The average Bonchev–Trinajstić information content (AvgIpc) is 3.08. The van der Waals surface area contributed by atoms with Crippen LogP contribution in [0.1, 0.15) is 17.7 Å². The van der Waals surface area contributed by atoms with Crippen molar-refractivity contribution in [1.29, 1.82) is 0 Å². The van der Waals surface area contributed by atoms with E-state index in [1.54, 1.807) is 0 Å². The van der Waals surface area contributed by atoms with Gasteiger partial charge in [0.15, 0.2) is 0 Å². The van der Waals surface area contributed by atoms with Gasteiger partial charge in [0.2, 0.25) is 0 Å². The number of esters is 1. The Morgan fingerprint density at radius 1 is 1.43 bits per heavy atom. The zero-order chi connectivity index (χ0) is 16.0. The molecule has 5 heteroatoms. The first-order valence-electron chi connectivity index (χ1n) is 8.00. The molecule has 0 spiro atoms. The van der Waals surface area contributed by atoms with Crippen LogP contribution in [-0.2, 0) is 22.5 Å². The van der Waals surface area contributed by atoms with E-state index in [-0.39, 0.29) is 5.97 Å². The van der Waals surface area contributed by atoms with Crippen molar-refractivity contribution in [1.82, 2.24) is 14.8 Å². The van der Waals surface area contributed by atoms with Gasteiger partial charge in [-0.15, -0.1) is 0 Å². The summed E-state index contributed by atoms with van der Waals surface area (Å²) >= 11 is 0. The molecule has 1 aromatic heterocycles. The first-order chi connectivity index (χ1) is 11.2. The second-order valence-corrected chi connectivity index (χ2v) is 6.32. The number of para-hydroxylation sites is 1. The SMILES string of the molecule is C=C1C2Cc3c([nH]c4ccccc34)CN2CN1CCC(=O)OC. The second-order valence-electron chi connectivity index (χ2n) is 6.32. The molecule has 2 aliphatic heterocycles. The summed E-state index contributed by atoms with van der Waals surface area (Å²) in [6, 6.07) is 8.82. The third-order valence-corrected chi connectivity index (χ3v) is 5.06. The summed E-state index contributed by atoms with van der Waals surface area (Å²) in [5, 5.41) is 1.32. The lowest BCUT2D eigenvalue weighted by Gasteiger charge is -2.28. The molecule has 23 heavy (non-hydrogen) atoms. The fourth-order valence-electron chi connectivity index (χ4n) is 3.80. The van der Waals surface area contributed by atoms with E-state index in [4.69, 9.17) is 4.74 Å². The molecule has 4 rings (SSSR count). The van der Waals surface area contributed by atoms with Crippen LogP contribution in [-0.4, -0.2) is 47.1 Å². The van der Waals surface area contributed by atoms with Crippen molar-refractivity contribution >= 4 is 16.9 Å². The quantitative estimate of drug-likeness (QED) is 0.883. The largest absolute Gasteiger partial charge is 0.469 e. The molecule has 3 heterocycles. The third kappa shape index (κ3) is 2.32. The number of hydrogen-bond acceptors (Lipinski definition) is 4. The highest BCUT2D eigenvalue weighted by Gasteiger charge is 2.38. The summed E-state index contributed by atoms with van der Waals surface area (Å²) < 4.78 is 4.74. The van der Waals surface area contributed by atoms with Gasteiger partial charge in [-0.2, -0.15) is 0 Å². The maximum Gasteiger partial charge on any atom is 0.307 e. The monoisotopic (exact) mass is 311 g/mol. The first kappa shape index (κ1) is 14.3. The van der Waals surface area contributed by atoms with E-state index in [0.29, 0.717) is 19.0 Å². The predicted molar refractivity (Wildman–Crippen MR) is 88.7 cm³/mol. The number of aromatic nitrogens is 1. The third-order valence-electron chi connectivity index (χ3n) is 5.06. The topological polar surface area (TPSA) is 48.6 Å². The highest BCUT2D eigenvalue weighted by Crippen LogP contribution is 2.36. The van der Waals surface area contributed by atoms with E-state index in [9.17, 15) is 4.79 Å². The van der Waals surface area contributed by atoms with E-state index in [0.717, 1.165) is 25.3 Å². The van der Waals surface area contributed by atoms with Crippen LogP contribution < -0.4 is 0 Å². The summed E-state index contributed by atoms with van der Waals surface area (Å²) in [5.41, 5.74) is 5.06. The summed E-state index contributed by atoms with van der Waals surface area (Å²) in [6.07, 6.45) is 1.39. The number of benzene rings is 1. The van der Waals surface area contributed by atoms with Gasteiger partial charge >= 0.3 is 5.97 Å². The van der Waals surface area contributed by atoms with Gasteiger partial charge in [0.05, 0.1) is 26.2 Å². The zero-order valence-electron chi connectivity index (χ0n) is 13.3. The number of carbonyl (C=O) groups is 1. The lowest BCUT2D eigenvalue weighted by Crippen LogP contribution is -2.35. The smallest absolute Gasteiger partial charge is 0.307 e. The summed E-state index contributed by atoms with van der Waals surface area (Å²) in [5.74, 6) is -0.168. The standard InChI is InChI=1S/C18H21N3O2/c1-12-17-9-14-13-5-3-4-6-15(13)19-16(14)10-21(17)11-20(12)8-7-18(22)23-2/h3-6,17,19H,1,7-11H2,2H3. The molecule has 0 aliphatic carbocycles. The van der Waals surface area contributed by atoms with E-state index >= 15 is 0 Å². The van der Waals surface area contributed by atoms with Crippen LogP contribution in [0, 0.1) is 0 Å². The van der Waals surface area contributed by atoms with Crippen molar-refractivity contribution in [3.05, 3.63) is 47.8 Å². The van der Waals surface area contributed by atoms with E-state index in [1.165, 1.54) is 29.3 Å². The Kier molecular flexibility index (Phi) is 3.38. The van der Waals surface area contributed by atoms with Gasteiger partial charge < -0.3 is 14.6 Å². The predicted octanol–water partition coefficient (Wildman–Crippen LogP) is 2.24. The number of ether oxygens (including phenoxy) is 1. The van der Waals surface area contributed by atoms with E-state index in [1.807, 2.05) is 0 Å². The van der Waals surface area contributed by atoms with Gasteiger partial charge in [0, 0.05) is 35.4 Å². The van der Waals surface area contributed by atoms with Gasteiger partial charge in [-0.1, -0.05) is 24.8 Å². The minimum atomic E-state index is -0.168. The number of H-pyrrole nitrogens is 1. The molecule has 5 nitrogen and oxygen atoms in total. The van der Waals surface area contributed by atoms with Gasteiger partial charge in [0.25, 0.3) is 0 Å². The second kappa shape index (κ2) is 5.42. The molecule has 0 amide bonds. The fraction of sp³-hybridized carbons (Fsp3) is 0.389. The van der Waals surface area contributed by atoms with Gasteiger partial charge in [0.1, 0.15) is 0 Å². The maximum absolute atomic E-state index is 11.4. The van der Waals surface area contributed by atoms with E-state index in [2.05, 4.69) is 45.6 Å². The first-order valence-corrected chi connectivity index (χ1v) is 8.00. The zero-order valence-corrected chi connectivity index (χ0v) is 13.3. The lowest BCUT2D eigenvalue weighted by molar-refractivity contribution is -0.140. The van der Waals surface area contributed by atoms with E-state index < -0.39 is 0 Å². The van der Waals surface area contributed by atoms with Crippen LogP contribution >= 0.6 is 0 Å². The number of rotatable bonds is 3. The molecule has 1 fully saturated rings. The molecule has 1 saturated heterocycles.